The fourth-order valence-corrected chi connectivity index (χ4v) is 1.32. The van der Waals surface area contributed by atoms with Crippen molar-refractivity contribution in [3.8, 4) is 0 Å². The highest BCUT2D eigenvalue weighted by molar-refractivity contribution is 5.75. The number of amides is 2. The van der Waals surface area contributed by atoms with Crippen molar-refractivity contribution in [2.45, 2.75) is 20.3 Å². The van der Waals surface area contributed by atoms with Crippen LogP contribution in [0.5, 0.6) is 0 Å². The molecule has 0 saturated carbocycles. The van der Waals surface area contributed by atoms with E-state index in [1.54, 1.807) is 11.0 Å². The van der Waals surface area contributed by atoms with Gasteiger partial charge in [0.05, 0.1) is 6.42 Å². The van der Waals surface area contributed by atoms with Gasteiger partial charge in [0, 0.05) is 26.2 Å². The molecule has 0 aliphatic rings. The summed E-state index contributed by atoms with van der Waals surface area (Å²) in [5.74, 6) is -0.891. The van der Waals surface area contributed by atoms with Crippen LogP contribution in [0.3, 0.4) is 0 Å². The molecule has 0 bridgehead atoms. The highest BCUT2D eigenvalue weighted by atomic mass is 16.4. The molecule has 16 heavy (non-hydrogen) atoms. The topological polar surface area (TPSA) is 60.9 Å². The third kappa shape index (κ3) is 4.82. The van der Waals surface area contributed by atoms with Gasteiger partial charge in [0.25, 0.3) is 0 Å². The van der Waals surface area contributed by atoms with Gasteiger partial charge in [-0.25, -0.2) is 4.79 Å². The zero-order valence-corrected chi connectivity index (χ0v) is 9.98. The Kier molecular flexibility index (Phi) is 7.00. The van der Waals surface area contributed by atoms with E-state index in [1.807, 2.05) is 13.8 Å². The van der Waals surface area contributed by atoms with Crippen LogP contribution in [0.1, 0.15) is 20.3 Å². The Labute approximate surface area is 96.3 Å². The average molecular weight is 228 g/mol. The number of aliphatic carboxylic acids is 1. The van der Waals surface area contributed by atoms with E-state index in [4.69, 9.17) is 5.11 Å². The number of rotatable bonds is 7. The number of carbonyl (C=O) groups is 2. The third-order valence-corrected chi connectivity index (χ3v) is 2.25. The number of carbonyl (C=O) groups excluding carboxylic acids is 1. The van der Waals surface area contributed by atoms with Gasteiger partial charge in [-0.15, -0.1) is 6.58 Å². The summed E-state index contributed by atoms with van der Waals surface area (Å²) in [5, 5.41) is 8.57. The first-order valence-corrected chi connectivity index (χ1v) is 5.43. The van der Waals surface area contributed by atoms with Gasteiger partial charge in [-0.2, -0.15) is 0 Å². The second-order valence-corrected chi connectivity index (χ2v) is 3.33. The number of likely N-dealkylation sites (N-methyl/N-ethyl adjacent to an activating group) is 1. The van der Waals surface area contributed by atoms with Crippen molar-refractivity contribution in [2.75, 3.05) is 26.2 Å². The van der Waals surface area contributed by atoms with Crippen molar-refractivity contribution >= 4 is 12.0 Å². The lowest BCUT2D eigenvalue weighted by Crippen LogP contribution is -2.43. The summed E-state index contributed by atoms with van der Waals surface area (Å²) < 4.78 is 0. The predicted octanol–water partition coefficient (Wildman–Crippen LogP) is 1.41. The first kappa shape index (κ1) is 14.5. The molecule has 0 atom stereocenters. The molecule has 0 aliphatic carbocycles. The summed E-state index contributed by atoms with van der Waals surface area (Å²) in [6, 6.07) is -0.133. The molecule has 0 spiro atoms. The number of urea groups is 1. The fourth-order valence-electron chi connectivity index (χ4n) is 1.32. The molecular formula is C11H20N2O3. The van der Waals surface area contributed by atoms with Crippen LogP contribution in [0.4, 0.5) is 4.79 Å². The van der Waals surface area contributed by atoms with Crippen molar-refractivity contribution < 1.29 is 14.7 Å². The number of carboxylic acid groups (broad SMARTS) is 1. The smallest absolute Gasteiger partial charge is 0.320 e. The quantitative estimate of drug-likeness (QED) is 0.670. The Morgan fingerprint density at radius 1 is 1.25 bits per heavy atom. The molecule has 0 aromatic carbocycles. The van der Waals surface area contributed by atoms with Crippen LogP contribution < -0.4 is 0 Å². The Morgan fingerprint density at radius 2 is 1.81 bits per heavy atom. The number of hydrogen-bond acceptors (Lipinski definition) is 2. The molecule has 5 nitrogen and oxygen atoms in total. The third-order valence-electron chi connectivity index (χ3n) is 2.25. The maximum Gasteiger partial charge on any atom is 0.320 e. The summed E-state index contributed by atoms with van der Waals surface area (Å²) in [4.78, 5) is 25.5. The fraction of sp³-hybridized carbons (Fsp3) is 0.636. The summed E-state index contributed by atoms with van der Waals surface area (Å²) in [7, 11) is 0. The Morgan fingerprint density at radius 3 is 2.19 bits per heavy atom. The van der Waals surface area contributed by atoms with Gasteiger partial charge >= 0.3 is 12.0 Å². The predicted molar refractivity (Wildman–Crippen MR) is 62.3 cm³/mol. The standard InChI is InChI=1S/C11H20N2O3/c1-4-8-12(5-2)11(16)13(6-3)9-7-10(14)15/h4H,1,5-9H2,2-3H3,(H,14,15). The van der Waals surface area contributed by atoms with Crippen molar-refractivity contribution in [3.05, 3.63) is 12.7 Å². The van der Waals surface area contributed by atoms with Gasteiger partial charge in [0.15, 0.2) is 0 Å². The Hall–Kier alpha value is -1.52. The van der Waals surface area contributed by atoms with E-state index in [1.165, 1.54) is 4.90 Å². The molecular weight excluding hydrogens is 208 g/mol. The van der Waals surface area contributed by atoms with Crippen LogP contribution in [-0.4, -0.2) is 53.1 Å². The molecule has 5 heteroatoms. The normalized spacial score (nSPS) is 9.62. The van der Waals surface area contributed by atoms with E-state index in [0.29, 0.717) is 19.6 Å². The van der Waals surface area contributed by atoms with Gasteiger partial charge in [0.2, 0.25) is 0 Å². The second kappa shape index (κ2) is 7.73. The largest absolute Gasteiger partial charge is 0.481 e. The summed E-state index contributed by atoms with van der Waals surface area (Å²) in [5.41, 5.74) is 0. The minimum atomic E-state index is -0.891. The van der Waals surface area contributed by atoms with Gasteiger partial charge < -0.3 is 14.9 Å². The molecule has 2 amide bonds. The van der Waals surface area contributed by atoms with Gasteiger partial charge in [-0.1, -0.05) is 6.08 Å². The minimum Gasteiger partial charge on any atom is -0.481 e. The first-order valence-electron chi connectivity index (χ1n) is 5.43. The summed E-state index contributed by atoms with van der Waals surface area (Å²) in [6.45, 7) is 9.14. The first-order chi connectivity index (χ1) is 7.56. The zero-order valence-electron chi connectivity index (χ0n) is 9.98. The van der Waals surface area contributed by atoms with Crippen LogP contribution in [0.25, 0.3) is 0 Å². The van der Waals surface area contributed by atoms with Crippen LogP contribution in [0.15, 0.2) is 12.7 Å². The number of hydrogen-bond donors (Lipinski definition) is 1. The lowest BCUT2D eigenvalue weighted by Gasteiger charge is -2.28. The average Bonchev–Trinajstić information content (AvgIpc) is 2.26. The monoisotopic (exact) mass is 228 g/mol. The number of carboxylic acids is 1. The molecule has 0 rings (SSSR count). The van der Waals surface area contributed by atoms with Crippen molar-refractivity contribution in [2.24, 2.45) is 0 Å². The van der Waals surface area contributed by atoms with E-state index in [0.717, 1.165) is 0 Å². The molecule has 0 unspecified atom stereocenters. The lowest BCUT2D eigenvalue weighted by atomic mass is 10.4. The SMILES string of the molecule is C=CCN(CC)C(=O)N(CC)CCC(=O)O. The second-order valence-electron chi connectivity index (χ2n) is 3.33. The van der Waals surface area contributed by atoms with Gasteiger partial charge in [-0.05, 0) is 13.8 Å². The molecule has 92 valence electrons. The highest BCUT2D eigenvalue weighted by Gasteiger charge is 2.17. The molecule has 0 aromatic rings. The van der Waals surface area contributed by atoms with E-state index in [9.17, 15) is 9.59 Å². The molecule has 0 heterocycles. The van der Waals surface area contributed by atoms with Crippen LogP contribution >= 0.6 is 0 Å². The molecule has 0 aliphatic heterocycles. The van der Waals surface area contributed by atoms with Gasteiger partial charge in [0.1, 0.15) is 0 Å². The van der Waals surface area contributed by atoms with E-state index < -0.39 is 5.97 Å². The maximum atomic E-state index is 11.9. The molecule has 0 radical (unpaired) electrons. The molecule has 0 saturated heterocycles. The molecule has 0 aromatic heterocycles. The Bertz CT molecular complexity index is 254. The van der Waals surface area contributed by atoms with E-state index in [2.05, 4.69) is 6.58 Å². The van der Waals surface area contributed by atoms with Crippen molar-refractivity contribution in [3.63, 3.8) is 0 Å². The Balaban J connectivity index is 4.36. The lowest BCUT2D eigenvalue weighted by molar-refractivity contribution is -0.137. The van der Waals surface area contributed by atoms with Crippen LogP contribution in [0, 0.1) is 0 Å². The van der Waals surface area contributed by atoms with Crippen molar-refractivity contribution in [1.29, 1.82) is 0 Å². The van der Waals surface area contributed by atoms with Crippen molar-refractivity contribution in [1.82, 2.24) is 9.80 Å². The van der Waals surface area contributed by atoms with Gasteiger partial charge in [-0.3, -0.25) is 4.79 Å². The summed E-state index contributed by atoms with van der Waals surface area (Å²) in [6.07, 6.45) is 1.64. The minimum absolute atomic E-state index is 0.0226. The van der Waals surface area contributed by atoms with E-state index in [-0.39, 0.29) is 19.0 Å². The van der Waals surface area contributed by atoms with Crippen LogP contribution in [-0.2, 0) is 4.79 Å². The molecule has 1 N–H and O–H groups in total. The van der Waals surface area contributed by atoms with Crippen LogP contribution in [0.2, 0.25) is 0 Å². The zero-order chi connectivity index (χ0) is 12.6. The highest BCUT2D eigenvalue weighted by Crippen LogP contribution is 2.00. The number of nitrogens with zero attached hydrogens (tertiary/aromatic N) is 2. The van der Waals surface area contributed by atoms with E-state index >= 15 is 0 Å². The summed E-state index contributed by atoms with van der Waals surface area (Å²) >= 11 is 0. The maximum absolute atomic E-state index is 11.9. The molecule has 0 fully saturated rings.